The van der Waals surface area contributed by atoms with Crippen molar-refractivity contribution in [2.24, 2.45) is 0 Å². The molecule has 0 radical (unpaired) electrons. The van der Waals surface area contributed by atoms with Crippen LogP contribution in [-0.2, 0) is 16.8 Å². The molecule has 0 heterocycles. The van der Waals surface area contributed by atoms with Crippen molar-refractivity contribution in [3.63, 3.8) is 0 Å². The van der Waals surface area contributed by atoms with Crippen LogP contribution in [0.3, 0.4) is 0 Å². The average molecular weight is 377 g/mol. The number of hydrogen-bond acceptors (Lipinski definition) is 2. The van der Waals surface area contributed by atoms with E-state index in [2.05, 4.69) is 61.0 Å². The van der Waals surface area contributed by atoms with Crippen molar-refractivity contribution in [3.8, 4) is 5.75 Å². The molecule has 0 N–H and O–H groups in total. The van der Waals surface area contributed by atoms with E-state index in [0.717, 1.165) is 23.2 Å². The van der Waals surface area contributed by atoms with Gasteiger partial charge in [0.1, 0.15) is 5.75 Å². The molecule has 23 heavy (non-hydrogen) atoms. The maximum Gasteiger partial charge on any atom is 0.119 e. The number of halogens is 1. The van der Waals surface area contributed by atoms with Crippen LogP contribution < -0.4 is 4.74 Å². The molecular weight excluding hydrogens is 352 g/mol. The molecule has 0 aliphatic carbocycles. The summed E-state index contributed by atoms with van der Waals surface area (Å²) in [6, 6.07) is 16.6. The van der Waals surface area contributed by atoms with Gasteiger partial charge in [-0.3, -0.25) is 0 Å². The van der Waals surface area contributed by atoms with Gasteiger partial charge in [-0.25, -0.2) is 0 Å². The van der Waals surface area contributed by atoms with Crippen LogP contribution in [0.4, 0.5) is 0 Å². The number of ether oxygens (including phenoxy) is 2. The summed E-state index contributed by atoms with van der Waals surface area (Å²) in [6.45, 7) is 8.58. The summed E-state index contributed by atoms with van der Waals surface area (Å²) >= 11 is 3.49. The normalized spacial score (nSPS) is 11.5. The van der Waals surface area contributed by atoms with Crippen LogP contribution in [0.15, 0.2) is 53.0 Å². The van der Waals surface area contributed by atoms with Gasteiger partial charge in [0.05, 0.1) is 19.8 Å². The van der Waals surface area contributed by atoms with E-state index >= 15 is 0 Å². The standard InChI is InChI=1S/C20H25BrO2/c1-4-12-23-19-10-8-17(9-11-19)20(2,3)15-22-14-16-6-5-7-18(21)13-16/h5-11,13H,4,12,14-15H2,1-3H3. The van der Waals surface area contributed by atoms with Crippen molar-refractivity contribution in [2.75, 3.05) is 13.2 Å². The number of rotatable bonds is 8. The molecule has 0 saturated carbocycles. The maximum atomic E-state index is 5.94. The Labute approximate surface area is 148 Å². The highest BCUT2D eigenvalue weighted by Crippen LogP contribution is 2.26. The van der Waals surface area contributed by atoms with Gasteiger partial charge in [0.2, 0.25) is 0 Å². The van der Waals surface area contributed by atoms with Gasteiger partial charge >= 0.3 is 0 Å². The summed E-state index contributed by atoms with van der Waals surface area (Å²) in [5.41, 5.74) is 2.41. The summed E-state index contributed by atoms with van der Waals surface area (Å²) in [4.78, 5) is 0. The van der Waals surface area contributed by atoms with E-state index in [4.69, 9.17) is 9.47 Å². The molecule has 0 aliphatic heterocycles. The second-order valence-electron chi connectivity index (χ2n) is 6.38. The Kier molecular flexibility index (Phi) is 6.67. The molecule has 2 rings (SSSR count). The fourth-order valence-corrected chi connectivity index (χ4v) is 2.80. The minimum atomic E-state index is -0.0324. The molecule has 2 aromatic rings. The van der Waals surface area contributed by atoms with E-state index in [0.29, 0.717) is 13.2 Å². The van der Waals surface area contributed by atoms with Crippen molar-refractivity contribution >= 4 is 15.9 Å². The monoisotopic (exact) mass is 376 g/mol. The minimum absolute atomic E-state index is 0.0324. The van der Waals surface area contributed by atoms with E-state index in [-0.39, 0.29) is 5.41 Å². The molecular formula is C20H25BrO2. The zero-order valence-electron chi connectivity index (χ0n) is 14.1. The van der Waals surface area contributed by atoms with E-state index in [1.807, 2.05) is 24.3 Å². The molecule has 2 aromatic carbocycles. The molecule has 0 aliphatic rings. The zero-order valence-corrected chi connectivity index (χ0v) is 15.7. The summed E-state index contributed by atoms with van der Waals surface area (Å²) in [5.74, 6) is 0.932. The molecule has 0 amide bonds. The molecule has 0 bridgehead atoms. The molecule has 0 aromatic heterocycles. The van der Waals surface area contributed by atoms with Gasteiger partial charge in [0, 0.05) is 9.89 Å². The lowest BCUT2D eigenvalue weighted by atomic mass is 9.85. The maximum absolute atomic E-state index is 5.94. The van der Waals surface area contributed by atoms with Crippen LogP contribution >= 0.6 is 15.9 Å². The Morgan fingerprint density at radius 3 is 2.43 bits per heavy atom. The third kappa shape index (κ3) is 5.67. The van der Waals surface area contributed by atoms with Crippen LogP contribution in [-0.4, -0.2) is 13.2 Å². The first kappa shape index (κ1) is 18.0. The van der Waals surface area contributed by atoms with Crippen molar-refractivity contribution in [1.29, 1.82) is 0 Å². The van der Waals surface area contributed by atoms with Crippen molar-refractivity contribution in [2.45, 2.75) is 39.2 Å². The first-order valence-corrected chi connectivity index (χ1v) is 8.86. The molecule has 0 fully saturated rings. The highest BCUT2D eigenvalue weighted by atomic mass is 79.9. The third-order valence-corrected chi connectivity index (χ3v) is 4.22. The third-order valence-electron chi connectivity index (χ3n) is 3.73. The SMILES string of the molecule is CCCOc1ccc(C(C)(C)COCc2cccc(Br)c2)cc1. The summed E-state index contributed by atoms with van der Waals surface area (Å²) in [7, 11) is 0. The van der Waals surface area contributed by atoms with Gasteiger partial charge in [-0.1, -0.05) is 61.0 Å². The van der Waals surface area contributed by atoms with Crippen LogP contribution in [0.5, 0.6) is 5.75 Å². The second kappa shape index (κ2) is 8.51. The Hall–Kier alpha value is -1.32. The summed E-state index contributed by atoms with van der Waals surface area (Å²) < 4.78 is 12.7. The molecule has 0 spiro atoms. The van der Waals surface area contributed by atoms with Crippen LogP contribution in [0.2, 0.25) is 0 Å². The lowest BCUT2D eigenvalue weighted by Crippen LogP contribution is -2.24. The first-order chi connectivity index (χ1) is 11.0. The van der Waals surface area contributed by atoms with E-state index in [1.165, 1.54) is 11.1 Å². The Morgan fingerprint density at radius 1 is 1.04 bits per heavy atom. The highest BCUT2D eigenvalue weighted by molar-refractivity contribution is 9.10. The molecule has 2 nitrogen and oxygen atoms in total. The van der Waals surface area contributed by atoms with E-state index in [9.17, 15) is 0 Å². The smallest absolute Gasteiger partial charge is 0.119 e. The van der Waals surface area contributed by atoms with Gasteiger partial charge < -0.3 is 9.47 Å². The molecule has 0 unspecified atom stereocenters. The van der Waals surface area contributed by atoms with E-state index in [1.54, 1.807) is 0 Å². The van der Waals surface area contributed by atoms with Crippen LogP contribution in [0, 0.1) is 0 Å². The Morgan fingerprint density at radius 2 is 1.78 bits per heavy atom. The molecule has 0 saturated heterocycles. The van der Waals surface area contributed by atoms with Crippen LogP contribution in [0.25, 0.3) is 0 Å². The summed E-state index contributed by atoms with van der Waals surface area (Å²) in [6.07, 6.45) is 1.02. The zero-order chi connectivity index (χ0) is 16.7. The quantitative estimate of drug-likeness (QED) is 0.585. The largest absolute Gasteiger partial charge is 0.494 e. The Bertz CT molecular complexity index is 605. The fraction of sp³-hybridized carbons (Fsp3) is 0.400. The van der Waals surface area contributed by atoms with Gasteiger partial charge in [-0.2, -0.15) is 0 Å². The molecule has 0 atom stereocenters. The van der Waals surface area contributed by atoms with Crippen molar-refractivity contribution < 1.29 is 9.47 Å². The number of hydrogen-bond donors (Lipinski definition) is 0. The highest BCUT2D eigenvalue weighted by Gasteiger charge is 2.21. The lowest BCUT2D eigenvalue weighted by Gasteiger charge is -2.25. The topological polar surface area (TPSA) is 18.5 Å². The van der Waals surface area contributed by atoms with Gasteiger partial charge in [0.15, 0.2) is 0 Å². The minimum Gasteiger partial charge on any atom is -0.494 e. The predicted molar refractivity (Wildman–Crippen MR) is 99.1 cm³/mol. The molecule has 3 heteroatoms. The first-order valence-electron chi connectivity index (χ1n) is 8.07. The van der Waals surface area contributed by atoms with Gasteiger partial charge in [-0.15, -0.1) is 0 Å². The van der Waals surface area contributed by atoms with Crippen LogP contribution in [0.1, 0.15) is 38.3 Å². The summed E-state index contributed by atoms with van der Waals surface area (Å²) in [5, 5.41) is 0. The predicted octanol–water partition coefficient (Wildman–Crippen LogP) is 5.73. The Balaban J connectivity index is 1.90. The lowest BCUT2D eigenvalue weighted by molar-refractivity contribution is 0.0824. The van der Waals surface area contributed by atoms with Gasteiger partial charge in [-0.05, 0) is 41.8 Å². The van der Waals surface area contributed by atoms with Gasteiger partial charge in [0.25, 0.3) is 0 Å². The average Bonchev–Trinajstić information content (AvgIpc) is 2.53. The second-order valence-corrected chi connectivity index (χ2v) is 7.30. The van der Waals surface area contributed by atoms with Crippen molar-refractivity contribution in [3.05, 3.63) is 64.1 Å². The fourth-order valence-electron chi connectivity index (χ4n) is 2.36. The van der Waals surface area contributed by atoms with Crippen molar-refractivity contribution in [1.82, 2.24) is 0 Å². The number of benzene rings is 2. The molecule has 124 valence electrons. The van der Waals surface area contributed by atoms with E-state index < -0.39 is 0 Å².